The van der Waals surface area contributed by atoms with Gasteiger partial charge in [0.15, 0.2) is 0 Å². The molecule has 4 aromatic carbocycles. The van der Waals surface area contributed by atoms with Crippen LogP contribution in [0.25, 0.3) is 28.0 Å². The summed E-state index contributed by atoms with van der Waals surface area (Å²) in [6.45, 7) is 0. The standard InChI is InChI=1S/C26H17F3O3/c27-26(28,29)22-16-19-8-4-5-9-21(19)25(24(22)18-6-2-1-3-7-18)32-20-13-10-17(11-14-20)12-15-23(30)31/h1-16H,(H,30,31). The Hall–Kier alpha value is -4.06. The Bertz CT molecular complexity index is 1290. The maximum Gasteiger partial charge on any atom is 0.417 e. The molecule has 32 heavy (non-hydrogen) atoms. The molecule has 0 aliphatic carbocycles. The number of carboxylic acids is 1. The third-order valence-electron chi connectivity index (χ3n) is 4.89. The third-order valence-corrected chi connectivity index (χ3v) is 4.89. The quantitative estimate of drug-likeness (QED) is 0.333. The van der Waals surface area contributed by atoms with Crippen molar-refractivity contribution >= 4 is 22.8 Å². The van der Waals surface area contributed by atoms with Gasteiger partial charge in [-0.3, -0.25) is 0 Å². The van der Waals surface area contributed by atoms with Crippen molar-refractivity contribution in [2.24, 2.45) is 0 Å². The van der Waals surface area contributed by atoms with Gasteiger partial charge in [0.2, 0.25) is 0 Å². The van der Waals surface area contributed by atoms with Crippen LogP contribution < -0.4 is 4.74 Å². The summed E-state index contributed by atoms with van der Waals surface area (Å²) in [5, 5.41) is 9.71. The van der Waals surface area contributed by atoms with E-state index in [-0.39, 0.29) is 11.3 Å². The molecule has 0 heterocycles. The summed E-state index contributed by atoms with van der Waals surface area (Å²) in [5.74, 6) is -0.636. The van der Waals surface area contributed by atoms with Gasteiger partial charge in [-0.2, -0.15) is 13.2 Å². The highest BCUT2D eigenvalue weighted by molar-refractivity contribution is 5.97. The number of fused-ring (bicyclic) bond motifs is 1. The van der Waals surface area contributed by atoms with Crippen LogP contribution in [-0.4, -0.2) is 11.1 Å². The van der Waals surface area contributed by atoms with Gasteiger partial charge < -0.3 is 9.84 Å². The molecule has 0 atom stereocenters. The lowest BCUT2D eigenvalue weighted by Crippen LogP contribution is -2.08. The van der Waals surface area contributed by atoms with Gasteiger partial charge in [0, 0.05) is 17.0 Å². The van der Waals surface area contributed by atoms with Gasteiger partial charge in [-0.1, -0.05) is 66.7 Å². The summed E-state index contributed by atoms with van der Waals surface area (Å²) in [7, 11) is 0. The lowest BCUT2D eigenvalue weighted by Gasteiger charge is -2.20. The number of rotatable bonds is 5. The molecule has 0 aromatic heterocycles. The Morgan fingerprint density at radius 2 is 1.53 bits per heavy atom. The van der Waals surface area contributed by atoms with Crippen molar-refractivity contribution in [3.63, 3.8) is 0 Å². The molecule has 160 valence electrons. The van der Waals surface area contributed by atoms with Gasteiger partial charge in [-0.05, 0) is 40.8 Å². The van der Waals surface area contributed by atoms with Crippen LogP contribution in [0.5, 0.6) is 11.5 Å². The minimum Gasteiger partial charge on any atom is -0.478 e. The molecule has 0 spiro atoms. The second kappa shape index (κ2) is 8.59. The fraction of sp³-hybridized carbons (Fsp3) is 0.0385. The Kier molecular flexibility index (Phi) is 5.69. The van der Waals surface area contributed by atoms with Gasteiger partial charge in [-0.15, -0.1) is 0 Å². The number of carboxylic acid groups (broad SMARTS) is 1. The molecule has 0 bridgehead atoms. The summed E-state index contributed by atoms with van der Waals surface area (Å²) in [4.78, 5) is 10.7. The second-order valence-corrected chi connectivity index (χ2v) is 7.06. The molecule has 0 aliphatic heterocycles. The highest BCUT2D eigenvalue weighted by Gasteiger charge is 2.36. The van der Waals surface area contributed by atoms with Gasteiger partial charge in [0.1, 0.15) is 11.5 Å². The van der Waals surface area contributed by atoms with E-state index in [1.165, 1.54) is 6.08 Å². The van der Waals surface area contributed by atoms with Crippen LogP contribution >= 0.6 is 0 Å². The minimum absolute atomic E-state index is 0.0355. The SMILES string of the molecule is O=C(O)C=Cc1ccc(Oc2c(-c3ccccc3)c(C(F)(F)F)cc3ccccc23)cc1. The van der Waals surface area contributed by atoms with Crippen molar-refractivity contribution in [2.45, 2.75) is 6.18 Å². The molecule has 0 unspecified atom stereocenters. The van der Waals surface area contributed by atoms with E-state index in [0.29, 0.717) is 27.6 Å². The molecule has 0 fully saturated rings. The van der Waals surface area contributed by atoms with E-state index in [1.54, 1.807) is 78.9 Å². The van der Waals surface area contributed by atoms with Crippen molar-refractivity contribution in [1.82, 2.24) is 0 Å². The van der Waals surface area contributed by atoms with E-state index in [4.69, 9.17) is 9.84 Å². The zero-order chi connectivity index (χ0) is 22.7. The van der Waals surface area contributed by atoms with Crippen LogP contribution in [-0.2, 0) is 11.0 Å². The average molecular weight is 434 g/mol. The van der Waals surface area contributed by atoms with E-state index in [2.05, 4.69) is 0 Å². The average Bonchev–Trinajstić information content (AvgIpc) is 2.78. The second-order valence-electron chi connectivity index (χ2n) is 7.06. The highest BCUT2D eigenvalue weighted by atomic mass is 19.4. The van der Waals surface area contributed by atoms with Crippen LogP contribution in [0.1, 0.15) is 11.1 Å². The minimum atomic E-state index is -4.58. The number of hydrogen-bond acceptors (Lipinski definition) is 2. The summed E-state index contributed by atoms with van der Waals surface area (Å²) in [6, 6.07) is 22.7. The van der Waals surface area contributed by atoms with Crippen molar-refractivity contribution in [3.05, 3.63) is 102 Å². The van der Waals surface area contributed by atoms with E-state index in [9.17, 15) is 18.0 Å². The first-order valence-corrected chi connectivity index (χ1v) is 9.70. The summed E-state index contributed by atoms with van der Waals surface area (Å²) in [6.07, 6.45) is -2.16. The first-order chi connectivity index (χ1) is 15.3. The fourth-order valence-electron chi connectivity index (χ4n) is 3.47. The number of aliphatic carboxylic acids is 1. The normalized spacial score (nSPS) is 11.7. The van der Waals surface area contributed by atoms with Crippen molar-refractivity contribution < 1.29 is 27.8 Å². The summed E-state index contributed by atoms with van der Waals surface area (Å²) in [5.41, 5.74) is 0.198. The maximum absolute atomic E-state index is 14.1. The zero-order valence-corrected chi connectivity index (χ0v) is 16.6. The summed E-state index contributed by atoms with van der Waals surface area (Å²) >= 11 is 0. The number of hydrogen-bond donors (Lipinski definition) is 1. The molecule has 4 rings (SSSR count). The first kappa shape index (κ1) is 21.2. The molecule has 0 saturated carbocycles. The molecule has 0 radical (unpaired) electrons. The van der Waals surface area contributed by atoms with Gasteiger partial charge in [0.05, 0.1) is 5.56 Å². The van der Waals surface area contributed by atoms with E-state index in [1.807, 2.05) is 0 Å². The molecule has 4 aromatic rings. The molecule has 1 N–H and O–H groups in total. The van der Waals surface area contributed by atoms with Gasteiger partial charge >= 0.3 is 12.1 Å². The summed E-state index contributed by atoms with van der Waals surface area (Å²) < 4.78 is 48.3. The van der Waals surface area contributed by atoms with Gasteiger partial charge in [0.25, 0.3) is 0 Å². The van der Waals surface area contributed by atoms with E-state index >= 15 is 0 Å². The molecule has 0 saturated heterocycles. The highest BCUT2D eigenvalue weighted by Crippen LogP contribution is 2.47. The Morgan fingerprint density at radius 1 is 0.875 bits per heavy atom. The van der Waals surface area contributed by atoms with Crippen LogP contribution in [0.15, 0.2) is 91.0 Å². The van der Waals surface area contributed by atoms with Crippen molar-refractivity contribution in [2.75, 3.05) is 0 Å². The lowest BCUT2D eigenvalue weighted by atomic mass is 9.93. The monoisotopic (exact) mass is 434 g/mol. The molecule has 3 nitrogen and oxygen atoms in total. The topological polar surface area (TPSA) is 46.5 Å². The van der Waals surface area contributed by atoms with Crippen LogP contribution in [0, 0.1) is 0 Å². The van der Waals surface area contributed by atoms with Crippen molar-refractivity contribution in [3.8, 4) is 22.6 Å². The number of carbonyl (C=O) groups is 1. The molecular weight excluding hydrogens is 417 g/mol. The third kappa shape index (κ3) is 4.49. The maximum atomic E-state index is 14.1. The fourth-order valence-corrected chi connectivity index (χ4v) is 3.47. The molecule has 0 amide bonds. The number of halogens is 3. The van der Waals surface area contributed by atoms with Crippen molar-refractivity contribution in [1.29, 1.82) is 0 Å². The van der Waals surface area contributed by atoms with Crippen LogP contribution in [0.3, 0.4) is 0 Å². The smallest absolute Gasteiger partial charge is 0.417 e. The predicted octanol–water partition coefficient (Wildman–Crippen LogP) is 7.42. The lowest BCUT2D eigenvalue weighted by molar-refractivity contribution is -0.137. The van der Waals surface area contributed by atoms with Crippen LogP contribution in [0.2, 0.25) is 0 Å². The first-order valence-electron chi connectivity index (χ1n) is 9.70. The van der Waals surface area contributed by atoms with E-state index in [0.717, 1.165) is 12.1 Å². The molecular formula is C26H17F3O3. The zero-order valence-electron chi connectivity index (χ0n) is 16.6. The number of alkyl halides is 3. The number of benzene rings is 4. The predicted molar refractivity (Wildman–Crippen MR) is 118 cm³/mol. The van der Waals surface area contributed by atoms with E-state index < -0.39 is 17.7 Å². The Morgan fingerprint density at radius 3 is 2.19 bits per heavy atom. The molecule has 6 heteroatoms. The Labute approximate surface area is 182 Å². The molecule has 0 aliphatic rings. The van der Waals surface area contributed by atoms with Crippen LogP contribution in [0.4, 0.5) is 13.2 Å². The van der Waals surface area contributed by atoms with Gasteiger partial charge in [-0.25, -0.2) is 4.79 Å². The number of ether oxygens (including phenoxy) is 1. The largest absolute Gasteiger partial charge is 0.478 e. The Balaban J connectivity index is 1.90.